The highest BCUT2D eigenvalue weighted by atomic mass is 16.5. The number of rotatable bonds is 6. The van der Waals surface area contributed by atoms with Gasteiger partial charge in [-0.1, -0.05) is 60.7 Å². The number of carbonyl (C=O) groups excluding carboxylic acids is 1. The first-order valence-corrected chi connectivity index (χ1v) is 8.26. The lowest BCUT2D eigenvalue weighted by Gasteiger charge is -2.30. The summed E-state index contributed by atoms with van der Waals surface area (Å²) < 4.78 is 5.42. The molecule has 3 nitrogen and oxygen atoms in total. The molecule has 1 saturated heterocycles. The maximum atomic E-state index is 13.0. The van der Waals surface area contributed by atoms with Crippen LogP contribution >= 0.6 is 0 Å². The molecule has 1 unspecified atom stereocenters. The van der Waals surface area contributed by atoms with Crippen LogP contribution < -0.4 is 0 Å². The van der Waals surface area contributed by atoms with Crippen LogP contribution in [-0.4, -0.2) is 43.5 Å². The van der Waals surface area contributed by atoms with Gasteiger partial charge in [-0.2, -0.15) is 0 Å². The number of nitrogens with zero attached hydrogens (tertiary/aromatic N) is 1. The Bertz CT molecular complexity index is 606. The molecule has 0 spiro atoms. The smallest absolute Gasteiger partial charge is 0.167 e. The zero-order chi connectivity index (χ0) is 15.9. The fourth-order valence-electron chi connectivity index (χ4n) is 3.07. The third-order valence-corrected chi connectivity index (χ3v) is 4.34. The van der Waals surface area contributed by atoms with Gasteiger partial charge in [0.15, 0.2) is 5.78 Å². The van der Waals surface area contributed by atoms with Crippen LogP contribution in [0.25, 0.3) is 0 Å². The van der Waals surface area contributed by atoms with Gasteiger partial charge in [-0.25, -0.2) is 0 Å². The van der Waals surface area contributed by atoms with E-state index < -0.39 is 0 Å². The zero-order valence-corrected chi connectivity index (χ0v) is 13.4. The average molecular weight is 309 g/mol. The van der Waals surface area contributed by atoms with Crippen LogP contribution in [-0.2, 0) is 11.2 Å². The van der Waals surface area contributed by atoms with Crippen molar-refractivity contribution in [3.63, 3.8) is 0 Å². The fourth-order valence-corrected chi connectivity index (χ4v) is 3.07. The van der Waals surface area contributed by atoms with E-state index in [0.29, 0.717) is 0 Å². The molecule has 3 heteroatoms. The number of hydrogen-bond acceptors (Lipinski definition) is 3. The third-order valence-electron chi connectivity index (χ3n) is 4.34. The van der Waals surface area contributed by atoms with Gasteiger partial charge in [0.25, 0.3) is 0 Å². The molecule has 120 valence electrons. The maximum Gasteiger partial charge on any atom is 0.167 e. The minimum atomic E-state index is -0.0158. The highest BCUT2D eigenvalue weighted by Crippen LogP contribution is 2.17. The monoisotopic (exact) mass is 309 g/mol. The van der Waals surface area contributed by atoms with Crippen LogP contribution in [0.3, 0.4) is 0 Å². The van der Waals surface area contributed by atoms with Gasteiger partial charge in [0.2, 0.25) is 0 Å². The molecule has 0 saturated carbocycles. The normalized spacial score (nSPS) is 16.9. The van der Waals surface area contributed by atoms with E-state index >= 15 is 0 Å². The SMILES string of the molecule is O=C(c1ccccc1)C(Cc1ccccc1)CN1CCOCC1. The number of benzene rings is 2. The summed E-state index contributed by atoms with van der Waals surface area (Å²) in [6.07, 6.45) is 0.784. The number of Topliss-reactive ketones (excluding diaryl/α,β-unsaturated/α-hetero) is 1. The number of ether oxygens (including phenoxy) is 1. The minimum Gasteiger partial charge on any atom is -0.379 e. The molecule has 1 heterocycles. The largest absolute Gasteiger partial charge is 0.379 e. The highest BCUT2D eigenvalue weighted by Gasteiger charge is 2.24. The van der Waals surface area contributed by atoms with Crippen molar-refractivity contribution in [2.75, 3.05) is 32.8 Å². The summed E-state index contributed by atoms with van der Waals surface area (Å²) in [6, 6.07) is 19.9. The molecule has 2 aromatic rings. The standard InChI is InChI=1S/C20H23NO2/c22-20(18-9-5-2-6-10-18)19(15-17-7-3-1-4-8-17)16-21-11-13-23-14-12-21/h1-10,19H,11-16H2. The Morgan fingerprint density at radius 1 is 0.957 bits per heavy atom. The van der Waals surface area contributed by atoms with Crippen molar-refractivity contribution >= 4 is 5.78 Å². The van der Waals surface area contributed by atoms with Gasteiger partial charge < -0.3 is 4.74 Å². The lowest BCUT2D eigenvalue weighted by Crippen LogP contribution is -2.41. The first-order valence-electron chi connectivity index (χ1n) is 8.26. The third kappa shape index (κ3) is 4.50. The van der Waals surface area contributed by atoms with Gasteiger partial charge in [-0.05, 0) is 12.0 Å². The molecular weight excluding hydrogens is 286 g/mol. The number of hydrogen-bond donors (Lipinski definition) is 0. The first kappa shape index (κ1) is 15.9. The van der Waals surface area contributed by atoms with Crippen LogP contribution in [0.2, 0.25) is 0 Å². The first-order chi connectivity index (χ1) is 11.3. The predicted molar refractivity (Wildman–Crippen MR) is 91.7 cm³/mol. The van der Waals surface area contributed by atoms with Crippen LogP contribution in [0, 0.1) is 5.92 Å². The highest BCUT2D eigenvalue weighted by molar-refractivity contribution is 5.98. The van der Waals surface area contributed by atoms with Crippen molar-refractivity contribution in [2.45, 2.75) is 6.42 Å². The predicted octanol–water partition coefficient (Wildman–Crippen LogP) is 3.06. The molecule has 1 atom stereocenters. The molecule has 1 aliphatic rings. The summed E-state index contributed by atoms with van der Waals surface area (Å²) in [7, 11) is 0. The molecular formula is C20H23NO2. The minimum absolute atomic E-state index is 0.0158. The Kier molecular flexibility index (Phi) is 5.56. The molecule has 1 aliphatic heterocycles. The Hall–Kier alpha value is -1.97. The van der Waals surface area contributed by atoms with E-state index in [0.717, 1.165) is 44.8 Å². The maximum absolute atomic E-state index is 13.0. The van der Waals surface area contributed by atoms with Gasteiger partial charge in [0.1, 0.15) is 0 Å². The quantitative estimate of drug-likeness (QED) is 0.768. The van der Waals surface area contributed by atoms with E-state index in [2.05, 4.69) is 17.0 Å². The van der Waals surface area contributed by atoms with E-state index in [1.54, 1.807) is 0 Å². The average Bonchev–Trinajstić information content (AvgIpc) is 2.63. The van der Waals surface area contributed by atoms with Crippen LogP contribution in [0.5, 0.6) is 0 Å². The lowest BCUT2D eigenvalue weighted by atomic mass is 9.90. The summed E-state index contributed by atoms with van der Waals surface area (Å²) in [4.78, 5) is 15.3. The van der Waals surface area contributed by atoms with E-state index in [-0.39, 0.29) is 11.7 Å². The Morgan fingerprint density at radius 3 is 2.22 bits per heavy atom. The molecule has 0 radical (unpaired) electrons. The van der Waals surface area contributed by atoms with Crippen molar-refractivity contribution in [3.8, 4) is 0 Å². The Morgan fingerprint density at radius 2 is 1.57 bits per heavy atom. The second-order valence-electron chi connectivity index (χ2n) is 6.03. The number of ketones is 1. The summed E-state index contributed by atoms with van der Waals surface area (Å²) in [6.45, 7) is 4.14. The van der Waals surface area contributed by atoms with Crippen LogP contribution in [0.4, 0.5) is 0 Å². The summed E-state index contributed by atoms with van der Waals surface area (Å²) in [5.74, 6) is 0.221. The molecule has 0 amide bonds. The lowest BCUT2D eigenvalue weighted by molar-refractivity contribution is 0.0301. The van der Waals surface area contributed by atoms with Crippen molar-refractivity contribution in [1.82, 2.24) is 4.90 Å². The van der Waals surface area contributed by atoms with E-state index in [1.807, 2.05) is 48.5 Å². The fraction of sp³-hybridized carbons (Fsp3) is 0.350. The summed E-state index contributed by atoms with van der Waals surface area (Å²) in [5.41, 5.74) is 2.02. The van der Waals surface area contributed by atoms with Gasteiger partial charge >= 0.3 is 0 Å². The Balaban J connectivity index is 1.76. The van der Waals surface area contributed by atoms with Gasteiger partial charge in [0.05, 0.1) is 13.2 Å². The molecule has 0 N–H and O–H groups in total. The number of morpholine rings is 1. The molecule has 0 aliphatic carbocycles. The summed E-state index contributed by atoms with van der Waals surface area (Å²) >= 11 is 0. The topological polar surface area (TPSA) is 29.5 Å². The van der Waals surface area contributed by atoms with Crippen LogP contribution in [0.15, 0.2) is 60.7 Å². The van der Waals surface area contributed by atoms with Gasteiger partial charge in [-0.15, -0.1) is 0 Å². The second-order valence-corrected chi connectivity index (χ2v) is 6.03. The van der Waals surface area contributed by atoms with E-state index in [9.17, 15) is 4.79 Å². The van der Waals surface area contributed by atoms with Crippen molar-refractivity contribution in [2.24, 2.45) is 5.92 Å². The van der Waals surface area contributed by atoms with Crippen molar-refractivity contribution in [3.05, 3.63) is 71.8 Å². The molecule has 23 heavy (non-hydrogen) atoms. The van der Waals surface area contributed by atoms with Gasteiger partial charge in [0, 0.05) is 31.1 Å². The second kappa shape index (κ2) is 8.04. The summed E-state index contributed by atoms with van der Waals surface area (Å²) in [5, 5.41) is 0. The van der Waals surface area contributed by atoms with E-state index in [1.165, 1.54) is 5.56 Å². The van der Waals surface area contributed by atoms with Crippen molar-refractivity contribution in [1.29, 1.82) is 0 Å². The molecule has 0 bridgehead atoms. The zero-order valence-electron chi connectivity index (χ0n) is 13.4. The van der Waals surface area contributed by atoms with Crippen molar-refractivity contribution < 1.29 is 9.53 Å². The Labute approximate surface area is 137 Å². The molecule has 1 fully saturated rings. The molecule has 0 aromatic heterocycles. The number of carbonyl (C=O) groups is 1. The van der Waals surface area contributed by atoms with Gasteiger partial charge in [-0.3, -0.25) is 9.69 Å². The molecule has 2 aromatic carbocycles. The van der Waals surface area contributed by atoms with Crippen LogP contribution in [0.1, 0.15) is 15.9 Å². The molecule has 3 rings (SSSR count). The van der Waals surface area contributed by atoms with E-state index in [4.69, 9.17) is 4.74 Å².